The van der Waals surface area contributed by atoms with Crippen LogP contribution in [-0.2, 0) is 26.0 Å². The number of rotatable bonds is 6. The van der Waals surface area contributed by atoms with Gasteiger partial charge in [0.25, 0.3) is 15.6 Å². The highest BCUT2D eigenvalue weighted by Gasteiger charge is 2.21. The molecule has 1 aliphatic heterocycles. The first-order valence-electron chi connectivity index (χ1n) is 11.4. The van der Waals surface area contributed by atoms with Crippen molar-refractivity contribution in [3.8, 4) is 11.1 Å². The number of hydrogen-bond donors (Lipinski definition) is 2. The Balaban J connectivity index is 1.53. The Morgan fingerprint density at radius 2 is 1.92 bits per heavy atom. The Kier molecular flexibility index (Phi) is 6.44. The molecule has 11 heteroatoms. The second-order valence-corrected chi connectivity index (χ2v) is 10.1. The molecule has 0 radical (unpaired) electrons. The van der Waals surface area contributed by atoms with Gasteiger partial charge in [0.1, 0.15) is 4.90 Å². The molecule has 1 unspecified atom stereocenters. The second kappa shape index (κ2) is 9.69. The van der Waals surface area contributed by atoms with E-state index < -0.39 is 10.0 Å². The lowest BCUT2D eigenvalue weighted by molar-refractivity contribution is -0.0937. The third kappa shape index (κ3) is 4.81. The van der Waals surface area contributed by atoms with E-state index in [1.807, 2.05) is 0 Å². The van der Waals surface area contributed by atoms with Crippen molar-refractivity contribution in [2.75, 3.05) is 30.3 Å². The number of aromatic nitrogens is 3. The standard InChI is InChI=1S/C25H25N5O5S/c1-16-23(36(32,33)29-19-5-3-2-4-6-19)12-18(13-27-16)17-7-8-22-21(11-17)24(31)30(25(26)28-22)14-20-15-34-9-10-35-20/h2-8,11-13,20,29H,9-10,14-15H2,1H3,(H2,26,28). The minimum Gasteiger partial charge on any atom is -0.376 e. The lowest BCUT2D eigenvalue weighted by Gasteiger charge is -2.24. The van der Waals surface area contributed by atoms with Crippen LogP contribution < -0.4 is 16.0 Å². The van der Waals surface area contributed by atoms with Crippen LogP contribution in [0.2, 0.25) is 0 Å². The summed E-state index contributed by atoms with van der Waals surface area (Å²) < 4.78 is 41.2. The molecule has 10 nitrogen and oxygen atoms in total. The van der Waals surface area contributed by atoms with E-state index in [0.29, 0.717) is 53.2 Å². The topological polar surface area (TPSA) is 138 Å². The fourth-order valence-corrected chi connectivity index (χ4v) is 5.38. The van der Waals surface area contributed by atoms with Gasteiger partial charge < -0.3 is 15.2 Å². The number of hydrogen-bond acceptors (Lipinski definition) is 8. The van der Waals surface area contributed by atoms with Gasteiger partial charge in [-0.3, -0.25) is 19.1 Å². The number of nitrogens with zero attached hydrogens (tertiary/aromatic N) is 3. The lowest BCUT2D eigenvalue weighted by atomic mass is 10.1. The van der Waals surface area contributed by atoms with Crippen LogP contribution in [0.5, 0.6) is 0 Å². The molecular formula is C25H25N5O5S. The van der Waals surface area contributed by atoms with Crippen molar-refractivity contribution in [1.29, 1.82) is 0 Å². The zero-order chi connectivity index (χ0) is 25.3. The molecule has 3 heterocycles. The molecule has 4 aromatic rings. The van der Waals surface area contributed by atoms with E-state index in [4.69, 9.17) is 15.2 Å². The van der Waals surface area contributed by atoms with Crippen LogP contribution in [0.25, 0.3) is 22.0 Å². The maximum absolute atomic E-state index is 13.3. The summed E-state index contributed by atoms with van der Waals surface area (Å²) in [6.07, 6.45) is 1.28. The lowest BCUT2D eigenvalue weighted by Crippen LogP contribution is -2.36. The van der Waals surface area contributed by atoms with Gasteiger partial charge in [-0.05, 0) is 42.8 Å². The van der Waals surface area contributed by atoms with E-state index >= 15 is 0 Å². The van der Waals surface area contributed by atoms with Crippen molar-refractivity contribution >= 4 is 32.6 Å². The number of benzene rings is 2. The number of nitrogens with two attached hydrogens (primary N) is 1. The number of para-hydroxylation sites is 1. The van der Waals surface area contributed by atoms with Gasteiger partial charge in [0.15, 0.2) is 0 Å². The molecule has 1 saturated heterocycles. The van der Waals surface area contributed by atoms with Gasteiger partial charge in [0.05, 0.1) is 49.1 Å². The summed E-state index contributed by atoms with van der Waals surface area (Å²) in [6, 6.07) is 15.3. The molecule has 1 aliphatic rings. The highest BCUT2D eigenvalue weighted by molar-refractivity contribution is 7.92. The summed E-state index contributed by atoms with van der Waals surface area (Å²) >= 11 is 0. The average Bonchev–Trinajstić information content (AvgIpc) is 2.87. The first-order chi connectivity index (χ1) is 17.3. The molecule has 0 bridgehead atoms. The molecule has 2 aromatic carbocycles. The van der Waals surface area contributed by atoms with E-state index in [1.54, 1.807) is 67.7 Å². The summed E-state index contributed by atoms with van der Waals surface area (Å²) in [5.74, 6) is 0.0896. The average molecular weight is 508 g/mol. The maximum Gasteiger partial charge on any atom is 0.263 e. The number of fused-ring (bicyclic) bond motifs is 1. The van der Waals surface area contributed by atoms with Crippen molar-refractivity contribution in [2.45, 2.75) is 24.5 Å². The summed E-state index contributed by atoms with van der Waals surface area (Å²) in [6.45, 7) is 3.19. The van der Waals surface area contributed by atoms with Crippen LogP contribution in [0, 0.1) is 6.92 Å². The zero-order valence-electron chi connectivity index (χ0n) is 19.5. The molecule has 1 atom stereocenters. The summed E-state index contributed by atoms with van der Waals surface area (Å²) in [7, 11) is -3.89. The number of sulfonamides is 1. The fourth-order valence-electron chi connectivity index (χ4n) is 4.10. The van der Waals surface area contributed by atoms with E-state index in [2.05, 4.69) is 14.7 Å². The Morgan fingerprint density at radius 1 is 1.11 bits per heavy atom. The van der Waals surface area contributed by atoms with Gasteiger partial charge in [0, 0.05) is 17.4 Å². The second-order valence-electron chi connectivity index (χ2n) is 8.46. The van der Waals surface area contributed by atoms with Crippen LogP contribution in [0.3, 0.4) is 0 Å². The minimum atomic E-state index is -3.89. The van der Waals surface area contributed by atoms with E-state index in [-0.39, 0.29) is 29.1 Å². The van der Waals surface area contributed by atoms with Gasteiger partial charge in [-0.25, -0.2) is 13.4 Å². The Hall–Kier alpha value is -3.80. The van der Waals surface area contributed by atoms with Gasteiger partial charge in [-0.15, -0.1) is 0 Å². The van der Waals surface area contributed by atoms with Gasteiger partial charge in [0.2, 0.25) is 5.95 Å². The molecule has 0 saturated carbocycles. The molecule has 0 aliphatic carbocycles. The fraction of sp³-hybridized carbons (Fsp3) is 0.240. The van der Waals surface area contributed by atoms with Crippen molar-refractivity contribution < 1.29 is 17.9 Å². The van der Waals surface area contributed by atoms with Crippen molar-refractivity contribution in [3.63, 3.8) is 0 Å². The molecular weight excluding hydrogens is 482 g/mol. The molecule has 1 fully saturated rings. The smallest absolute Gasteiger partial charge is 0.263 e. The zero-order valence-corrected chi connectivity index (χ0v) is 20.4. The number of nitrogen functional groups attached to an aromatic ring is 1. The highest BCUT2D eigenvalue weighted by Crippen LogP contribution is 2.27. The third-order valence-electron chi connectivity index (χ3n) is 5.94. The minimum absolute atomic E-state index is 0.0474. The maximum atomic E-state index is 13.3. The molecule has 5 rings (SSSR count). The third-order valence-corrected chi connectivity index (χ3v) is 7.44. The van der Waals surface area contributed by atoms with Crippen LogP contribution in [-0.4, -0.2) is 48.9 Å². The highest BCUT2D eigenvalue weighted by atomic mass is 32.2. The van der Waals surface area contributed by atoms with Gasteiger partial charge >= 0.3 is 0 Å². The molecule has 3 N–H and O–H groups in total. The number of pyridine rings is 1. The first-order valence-corrected chi connectivity index (χ1v) is 12.8. The van der Waals surface area contributed by atoms with E-state index in [9.17, 15) is 13.2 Å². The largest absolute Gasteiger partial charge is 0.376 e. The molecule has 0 spiro atoms. The Bertz CT molecular complexity index is 1580. The number of aryl methyl sites for hydroxylation is 1. The number of ether oxygens (including phenoxy) is 2. The summed E-state index contributed by atoms with van der Waals surface area (Å²) in [5.41, 5.74) is 8.17. The Morgan fingerprint density at radius 3 is 2.67 bits per heavy atom. The van der Waals surface area contributed by atoms with Crippen LogP contribution in [0.4, 0.5) is 11.6 Å². The Labute approximate surface area is 207 Å². The first kappa shape index (κ1) is 23.9. The molecule has 186 valence electrons. The van der Waals surface area contributed by atoms with Crippen LogP contribution >= 0.6 is 0 Å². The van der Waals surface area contributed by atoms with Gasteiger partial charge in [-0.2, -0.15) is 0 Å². The van der Waals surface area contributed by atoms with Crippen molar-refractivity contribution in [1.82, 2.24) is 14.5 Å². The quantitative estimate of drug-likeness (QED) is 0.406. The predicted molar refractivity (Wildman–Crippen MR) is 136 cm³/mol. The number of anilines is 2. The predicted octanol–water partition coefficient (Wildman–Crippen LogP) is 2.57. The van der Waals surface area contributed by atoms with Crippen LogP contribution in [0.1, 0.15) is 5.69 Å². The van der Waals surface area contributed by atoms with Crippen molar-refractivity contribution in [2.24, 2.45) is 0 Å². The molecule has 0 amide bonds. The molecule has 36 heavy (non-hydrogen) atoms. The summed E-state index contributed by atoms with van der Waals surface area (Å²) in [5, 5.41) is 0.353. The normalized spacial score (nSPS) is 16.2. The van der Waals surface area contributed by atoms with Crippen LogP contribution in [0.15, 0.2) is 70.5 Å². The van der Waals surface area contributed by atoms with Gasteiger partial charge in [-0.1, -0.05) is 24.3 Å². The van der Waals surface area contributed by atoms with E-state index in [1.165, 1.54) is 4.57 Å². The monoisotopic (exact) mass is 507 g/mol. The number of nitrogens with one attached hydrogen (secondary N) is 1. The SMILES string of the molecule is Cc1ncc(-c2ccc3nc(N)n(CC4COCCO4)c(=O)c3c2)cc1S(=O)(=O)Nc1ccccc1. The summed E-state index contributed by atoms with van der Waals surface area (Å²) in [4.78, 5) is 22.0. The van der Waals surface area contributed by atoms with Crippen molar-refractivity contribution in [3.05, 3.63) is 76.8 Å². The van der Waals surface area contributed by atoms with E-state index in [0.717, 1.165) is 0 Å². The molecule has 2 aromatic heterocycles.